The zero-order valence-electron chi connectivity index (χ0n) is 17.2. The van der Waals surface area contributed by atoms with E-state index in [4.69, 9.17) is 4.74 Å². The van der Waals surface area contributed by atoms with Crippen LogP contribution < -0.4 is 4.74 Å². The van der Waals surface area contributed by atoms with Crippen molar-refractivity contribution in [1.82, 2.24) is 4.31 Å². The summed E-state index contributed by atoms with van der Waals surface area (Å²) in [4.78, 5) is 17.4. The van der Waals surface area contributed by atoms with Crippen LogP contribution in [0.4, 0.5) is 4.39 Å². The smallest absolute Gasteiger partial charge is 0.283 e. The maximum Gasteiger partial charge on any atom is 0.283 e. The van der Waals surface area contributed by atoms with Gasteiger partial charge in [-0.2, -0.15) is 0 Å². The number of rotatable bonds is 6. The molecule has 0 aliphatic carbocycles. The number of benzene rings is 2. The molecule has 2 aromatic carbocycles. The van der Waals surface area contributed by atoms with E-state index in [0.717, 1.165) is 4.31 Å². The second-order valence-corrected chi connectivity index (χ2v) is 9.87. The van der Waals surface area contributed by atoms with Gasteiger partial charge in [-0.15, -0.1) is 0 Å². The number of nitrogens with zero attached hydrogens (tertiary/aromatic N) is 2. The number of aliphatic imine (C=N–C) groups is 1. The maximum absolute atomic E-state index is 13.2. The van der Waals surface area contributed by atoms with E-state index >= 15 is 0 Å². The van der Waals surface area contributed by atoms with Crippen molar-refractivity contribution in [2.45, 2.75) is 38.0 Å². The van der Waals surface area contributed by atoms with Gasteiger partial charge in [-0.05, 0) is 50.6 Å². The molecule has 0 bridgehead atoms. The normalized spacial score (nSPS) is 20.0. The Labute approximate surface area is 176 Å². The van der Waals surface area contributed by atoms with Crippen LogP contribution in [0.3, 0.4) is 0 Å². The van der Waals surface area contributed by atoms with Crippen LogP contribution in [0.25, 0.3) is 0 Å². The summed E-state index contributed by atoms with van der Waals surface area (Å²) in [6.45, 7) is 5.60. The lowest BCUT2D eigenvalue weighted by atomic mass is 10.1. The highest BCUT2D eigenvalue weighted by Crippen LogP contribution is 2.38. The molecule has 0 N–H and O–H groups in total. The Morgan fingerprint density at radius 3 is 2.30 bits per heavy atom. The SMILES string of the molecule is CC(C)(C)N1C(=O)C(=NCCCOc2ccc(F)cc2)C(c2ccccc2)S1(=O)=O. The molecule has 160 valence electrons. The molecule has 0 spiro atoms. The molecule has 8 heteroatoms. The average Bonchev–Trinajstić information content (AvgIpc) is 2.88. The Morgan fingerprint density at radius 2 is 1.70 bits per heavy atom. The third-order valence-electron chi connectivity index (χ3n) is 4.58. The second kappa shape index (κ2) is 8.55. The molecular formula is C22H25FN2O4S. The van der Waals surface area contributed by atoms with Gasteiger partial charge in [0.05, 0.1) is 12.1 Å². The van der Waals surface area contributed by atoms with Crippen molar-refractivity contribution in [3.63, 3.8) is 0 Å². The first-order chi connectivity index (χ1) is 14.1. The predicted octanol–water partition coefficient (Wildman–Crippen LogP) is 3.75. The number of halogens is 1. The first kappa shape index (κ1) is 22.0. The number of hydrogen-bond acceptors (Lipinski definition) is 5. The van der Waals surface area contributed by atoms with Gasteiger partial charge in [-0.25, -0.2) is 17.1 Å². The van der Waals surface area contributed by atoms with Gasteiger partial charge in [-0.1, -0.05) is 30.3 Å². The number of carbonyl (C=O) groups is 1. The highest BCUT2D eigenvalue weighted by molar-refractivity contribution is 7.91. The summed E-state index contributed by atoms with van der Waals surface area (Å²) in [5, 5.41) is -1.12. The van der Waals surface area contributed by atoms with Crippen molar-refractivity contribution in [2.75, 3.05) is 13.2 Å². The number of amides is 1. The molecule has 0 saturated carbocycles. The first-order valence-electron chi connectivity index (χ1n) is 9.68. The molecule has 1 amide bonds. The number of hydrogen-bond donors (Lipinski definition) is 0. The molecule has 1 unspecified atom stereocenters. The van der Waals surface area contributed by atoms with Crippen LogP contribution in [0, 0.1) is 5.82 Å². The third-order valence-corrected chi connectivity index (χ3v) is 6.90. The largest absolute Gasteiger partial charge is 0.494 e. The molecule has 3 rings (SSSR count). The summed E-state index contributed by atoms with van der Waals surface area (Å²) in [5.41, 5.74) is -0.358. The molecule has 30 heavy (non-hydrogen) atoms. The van der Waals surface area contributed by atoms with E-state index in [-0.39, 0.29) is 18.1 Å². The van der Waals surface area contributed by atoms with Crippen molar-refractivity contribution in [3.05, 3.63) is 66.0 Å². The zero-order chi connectivity index (χ0) is 21.9. The molecule has 1 aliphatic heterocycles. The fraction of sp³-hybridized carbons (Fsp3) is 0.364. The van der Waals surface area contributed by atoms with E-state index in [1.165, 1.54) is 24.3 Å². The summed E-state index contributed by atoms with van der Waals surface area (Å²) in [6, 6.07) is 14.3. The Morgan fingerprint density at radius 1 is 1.07 bits per heavy atom. The van der Waals surface area contributed by atoms with Gasteiger partial charge in [0.15, 0.2) is 5.25 Å². The van der Waals surface area contributed by atoms with Gasteiger partial charge in [0.1, 0.15) is 17.3 Å². The van der Waals surface area contributed by atoms with Gasteiger partial charge < -0.3 is 4.74 Å². The van der Waals surface area contributed by atoms with Crippen molar-refractivity contribution >= 4 is 21.6 Å². The number of carbonyl (C=O) groups excluding carboxylic acids is 1. The topological polar surface area (TPSA) is 76.0 Å². The lowest BCUT2D eigenvalue weighted by molar-refractivity contribution is -0.122. The lowest BCUT2D eigenvalue weighted by Gasteiger charge is -2.30. The average molecular weight is 433 g/mol. The fourth-order valence-electron chi connectivity index (χ4n) is 3.36. The summed E-state index contributed by atoms with van der Waals surface area (Å²) in [7, 11) is -3.94. The highest BCUT2D eigenvalue weighted by atomic mass is 32.2. The Kier molecular flexibility index (Phi) is 6.26. The highest BCUT2D eigenvalue weighted by Gasteiger charge is 2.54. The molecule has 6 nitrogen and oxygen atoms in total. The van der Waals surface area contributed by atoms with Crippen LogP contribution in [0.15, 0.2) is 59.6 Å². The quantitative estimate of drug-likeness (QED) is 0.652. The van der Waals surface area contributed by atoms with E-state index in [1.54, 1.807) is 51.1 Å². The van der Waals surface area contributed by atoms with Crippen LogP contribution in [0.1, 0.15) is 38.0 Å². The molecule has 0 aromatic heterocycles. The first-order valence-corrected chi connectivity index (χ1v) is 11.2. The molecule has 1 aliphatic rings. The van der Waals surface area contributed by atoms with E-state index in [0.29, 0.717) is 24.3 Å². The van der Waals surface area contributed by atoms with Gasteiger partial charge >= 0.3 is 0 Å². The second-order valence-electron chi connectivity index (χ2n) is 8.00. The molecule has 1 saturated heterocycles. The Hall–Kier alpha value is -2.74. The molecule has 2 aromatic rings. The summed E-state index contributed by atoms with van der Waals surface area (Å²) in [6.07, 6.45) is 0.477. The molecular weight excluding hydrogens is 407 g/mol. The van der Waals surface area contributed by atoms with Gasteiger partial charge in [-0.3, -0.25) is 9.79 Å². The number of ether oxygens (including phenoxy) is 1. The van der Waals surface area contributed by atoms with Crippen molar-refractivity contribution < 1.29 is 22.3 Å². The maximum atomic E-state index is 13.2. The summed E-state index contributed by atoms with van der Waals surface area (Å²) in [5.74, 6) is -0.398. The van der Waals surface area contributed by atoms with E-state index in [2.05, 4.69) is 4.99 Å². The molecule has 1 atom stereocenters. The van der Waals surface area contributed by atoms with Crippen LogP contribution >= 0.6 is 0 Å². The van der Waals surface area contributed by atoms with Crippen LogP contribution in [-0.2, 0) is 14.8 Å². The van der Waals surface area contributed by atoms with Gasteiger partial charge in [0.25, 0.3) is 15.9 Å². The van der Waals surface area contributed by atoms with Crippen LogP contribution in [0.5, 0.6) is 5.75 Å². The van der Waals surface area contributed by atoms with Crippen molar-refractivity contribution in [3.8, 4) is 5.75 Å². The third kappa shape index (κ3) is 4.53. The van der Waals surface area contributed by atoms with Crippen LogP contribution in [-0.4, -0.2) is 43.0 Å². The summed E-state index contributed by atoms with van der Waals surface area (Å²) >= 11 is 0. The summed E-state index contributed by atoms with van der Waals surface area (Å²) < 4.78 is 45.9. The Bertz CT molecular complexity index is 1030. The predicted molar refractivity (Wildman–Crippen MR) is 114 cm³/mol. The number of sulfonamides is 1. The minimum atomic E-state index is -3.94. The van der Waals surface area contributed by atoms with E-state index in [1.807, 2.05) is 0 Å². The Balaban J connectivity index is 1.79. The standard InChI is InChI=1S/C22H25FN2O4S/c1-22(2,3)25-21(26)19(20(30(25,27)28)16-8-5-4-6-9-16)24-14-7-15-29-18-12-10-17(23)11-13-18/h4-6,8-13,20H,7,14-15H2,1-3H3. The lowest BCUT2D eigenvalue weighted by Crippen LogP contribution is -2.45. The van der Waals surface area contributed by atoms with E-state index in [9.17, 15) is 17.6 Å². The monoisotopic (exact) mass is 432 g/mol. The van der Waals surface area contributed by atoms with E-state index < -0.39 is 26.7 Å². The minimum Gasteiger partial charge on any atom is -0.494 e. The molecule has 1 heterocycles. The van der Waals surface area contributed by atoms with Gasteiger partial charge in [0, 0.05) is 13.0 Å². The van der Waals surface area contributed by atoms with Crippen LogP contribution in [0.2, 0.25) is 0 Å². The fourth-order valence-corrected chi connectivity index (χ4v) is 5.62. The zero-order valence-corrected chi connectivity index (χ0v) is 18.0. The van der Waals surface area contributed by atoms with Gasteiger partial charge in [0.2, 0.25) is 0 Å². The van der Waals surface area contributed by atoms with Crippen molar-refractivity contribution in [2.24, 2.45) is 4.99 Å². The molecule has 0 radical (unpaired) electrons. The van der Waals surface area contributed by atoms with Crippen molar-refractivity contribution in [1.29, 1.82) is 0 Å². The minimum absolute atomic E-state index is 0.0258. The molecule has 1 fully saturated rings.